The van der Waals surface area contributed by atoms with Crippen LogP contribution in [0.4, 0.5) is 4.39 Å². The van der Waals surface area contributed by atoms with Gasteiger partial charge in [0.25, 0.3) is 0 Å². The second-order valence-corrected chi connectivity index (χ2v) is 4.83. The number of hydrogen-bond acceptors (Lipinski definition) is 3. The maximum atomic E-state index is 12.7. The van der Waals surface area contributed by atoms with Gasteiger partial charge in [0.1, 0.15) is 11.6 Å². The van der Waals surface area contributed by atoms with Crippen molar-refractivity contribution in [2.24, 2.45) is 0 Å². The number of rotatable bonds is 3. The molecule has 2 aromatic rings. The first-order chi connectivity index (χ1) is 7.65. The molecule has 0 amide bonds. The molecule has 0 fully saturated rings. The summed E-state index contributed by atoms with van der Waals surface area (Å²) in [6.07, 6.45) is 0. The lowest BCUT2D eigenvalue weighted by molar-refractivity contribution is 0.390. The van der Waals surface area contributed by atoms with Crippen molar-refractivity contribution in [2.45, 2.75) is 17.6 Å². The van der Waals surface area contributed by atoms with Crippen LogP contribution in [0.25, 0.3) is 0 Å². The van der Waals surface area contributed by atoms with E-state index >= 15 is 0 Å². The topological polar surface area (TPSA) is 43.1 Å². The number of hydrogen-bond donors (Lipinski definition) is 0. The van der Waals surface area contributed by atoms with Crippen LogP contribution in [0.3, 0.4) is 0 Å². The van der Waals surface area contributed by atoms with Gasteiger partial charge in [0.15, 0.2) is 0 Å². The summed E-state index contributed by atoms with van der Waals surface area (Å²) in [4.78, 5) is 0.579. The Balaban J connectivity index is 2.11. The zero-order valence-electron chi connectivity index (χ0n) is 8.64. The van der Waals surface area contributed by atoms with E-state index in [4.69, 9.17) is 4.52 Å². The molecule has 5 heteroatoms. The molecule has 16 heavy (non-hydrogen) atoms. The minimum absolute atomic E-state index is 0.256. The number of nitrogens with zero attached hydrogens (tertiary/aromatic N) is 1. The summed E-state index contributed by atoms with van der Waals surface area (Å²) in [7, 11) is -1.23. The normalized spacial score (nSPS) is 12.6. The predicted molar refractivity (Wildman–Crippen MR) is 57.8 cm³/mol. The van der Waals surface area contributed by atoms with Crippen LogP contribution in [-0.2, 0) is 16.6 Å². The van der Waals surface area contributed by atoms with E-state index in [0.29, 0.717) is 10.7 Å². The van der Waals surface area contributed by atoms with Crippen molar-refractivity contribution >= 4 is 10.8 Å². The van der Waals surface area contributed by atoms with E-state index in [9.17, 15) is 8.60 Å². The van der Waals surface area contributed by atoms with Gasteiger partial charge in [0.2, 0.25) is 0 Å². The second kappa shape index (κ2) is 4.57. The van der Waals surface area contributed by atoms with E-state index in [1.807, 2.05) is 0 Å². The number of aryl methyl sites for hydroxylation is 1. The molecular weight excluding hydrogens is 229 g/mol. The number of halogens is 1. The Labute approximate surface area is 94.7 Å². The van der Waals surface area contributed by atoms with Crippen molar-refractivity contribution < 1.29 is 13.1 Å². The van der Waals surface area contributed by atoms with E-state index in [-0.39, 0.29) is 11.6 Å². The lowest BCUT2D eigenvalue weighted by atomic mass is 10.4. The fourth-order valence-corrected chi connectivity index (χ4v) is 2.28. The fourth-order valence-electron chi connectivity index (χ4n) is 1.28. The molecule has 0 N–H and O–H groups in total. The van der Waals surface area contributed by atoms with Gasteiger partial charge in [-0.15, -0.1) is 0 Å². The van der Waals surface area contributed by atoms with Crippen molar-refractivity contribution in [3.63, 3.8) is 0 Å². The molecular formula is C11H10FNO2S. The van der Waals surface area contributed by atoms with Gasteiger partial charge < -0.3 is 4.52 Å². The highest BCUT2D eigenvalue weighted by Gasteiger charge is 2.08. The summed E-state index contributed by atoms with van der Waals surface area (Å²) in [5.41, 5.74) is 0.756. The van der Waals surface area contributed by atoms with Gasteiger partial charge in [-0.2, -0.15) is 0 Å². The highest BCUT2D eigenvalue weighted by molar-refractivity contribution is 7.84. The standard InChI is InChI=1S/C11H10FNO2S/c1-8-6-10(15-13-8)7-16(14)11-4-2-9(12)3-5-11/h2-6H,7H2,1H3. The number of benzene rings is 1. The third-order valence-electron chi connectivity index (χ3n) is 2.03. The van der Waals surface area contributed by atoms with Gasteiger partial charge in [-0.25, -0.2) is 4.39 Å². The third kappa shape index (κ3) is 2.55. The molecule has 0 saturated heterocycles. The van der Waals surface area contributed by atoms with Crippen molar-refractivity contribution in [1.82, 2.24) is 5.16 Å². The van der Waals surface area contributed by atoms with Gasteiger partial charge >= 0.3 is 0 Å². The Morgan fingerprint density at radius 1 is 1.38 bits per heavy atom. The summed E-state index contributed by atoms with van der Waals surface area (Å²) < 4.78 is 29.5. The minimum Gasteiger partial charge on any atom is -0.360 e. The summed E-state index contributed by atoms with van der Waals surface area (Å²) >= 11 is 0. The van der Waals surface area contributed by atoms with Crippen LogP contribution in [0.1, 0.15) is 11.5 Å². The Kier molecular flexibility index (Phi) is 3.14. The summed E-state index contributed by atoms with van der Waals surface area (Å²) in [5, 5.41) is 3.71. The summed E-state index contributed by atoms with van der Waals surface area (Å²) in [5.74, 6) is 0.489. The molecule has 0 aliphatic rings. The molecule has 1 aromatic carbocycles. The maximum absolute atomic E-state index is 12.7. The average Bonchev–Trinajstić information content (AvgIpc) is 2.65. The maximum Gasteiger partial charge on any atom is 0.149 e. The molecule has 1 atom stereocenters. The van der Waals surface area contributed by atoms with Crippen LogP contribution in [0.15, 0.2) is 39.8 Å². The van der Waals surface area contributed by atoms with Gasteiger partial charge in [-0.1, -0.05) is 5.16 Å². The Hall–Kier alpha value is -1.49. The van der Waals surface area contributed by atoms with E-state index < -0.39 is 10.8 Å². The van der Waals surface area contributed by atoms with E-state index in [1.165, 1.54) is 24.3 Å². The molecule has 0 spiro atoms. The Bertz CT molecular complexity index is 507. The molecule has 1 unspecified atom stereocenters. The van der Waals surface area contributed by atoms with E-state index in [1.54, 1.807) is 13.0 Å². The fraction of sp³-hybridized carbons (Fsp3) is 0.182. The molecule has 0 radical (unpaired) electrons. The van der Waals surface area contributed by atoms with Gasteiger partial charge in [0, 0.05) is 11.0 Å². The number of aromatic nitrogens is 1. The van der Waals surface area contributed by atoms with Crippen LogP contribution in [-0.4, -0.2) is 9.37 Å². The van der Waals surface area contributed by atoms with Crippen molar-refractivity contribution in [3.8, 4) is 0 Å². The van der Waals surface area contributed by atoms with Gasteiger partial charge in [-0.05, 0) is 31.2 Å². The lowest BCUT2D eigenvalue weighted by Crippen LogP contribution is -1.95. The second-order valence-electron chi connectivity index (χ2n) is 3.38. The molecule has 1 aromatic heterocycles. The van der Waals surface area contributed by atoms with Crippen LogP contribution in [0, 0.1) is 12.7 Å². The zero-order valence-corrected chi connectivity index (χ0v) is 9.46. The molecule has 1 heterocycles. The monoisotopic (exact) mass is 239 g/mol. The van der Waals surface area contributed by atoms with E-state index in [0.717, 1.165) is 5.69 Å². The first-order valence-electron chi connectivity index (χ1n) is 4.71. The average molecular weight is 239 g/mol. The molecule has 0 bridgehead atoms. The van der Waals surface area contributed by atoms with Gasteiger partial charge in [-0.3, -0.25) is 4.21 Å². The smallest absolute Gasteiger partial charge is 0.149 e. The zero-order chi connectivity index (χ0) is 11.5. The first kappa shape index (κ1) is 11.0. The van der Waals surface area contributed by atoms with Crippen LogP contribution < -0.4 is 0 Å². The molecule has 0 aliphatic heterocycles. The molecule has 2 rings (SSSR count). The molecule has 0 aliphatic carbocycles. The van der Waals surface area contributed by atoms with Crippen molar-refractivity contribution in [3.05, 3.63) is 47.6 Å². The third-order valence-corrected chi connectivity index (χ3v) is 3.37. The lowest BCUT2D eigenvalue weighted by Gasteiger charge is -1.98. The summed E-state index contributed by atoms with van der Waals surface area (Å²) in [6, 6.07) is 7.34. The highest BCUT2D eigenvalue weighted by Crippen LogP contribution is 2.13. The Morgan fingerprint density at radius 2 is 2.06 bits per heavy atom. The van der Waals surface area contributed by atoms with Crippen LogP contribution >= 0.6 is 0 Å². The quantitative estimate of drug-likeness (QED) is 0.826. The van der Waals surface area contributed by atoms with Crippen LogP contribution in [0.2, 0.25) is 0 Å². The predicted octanol–water partition coefficient (Wildman–Crippen LogP) is 2.43. The van der Waals surface area contributed by atoms with Gasteiger partial charge in [0.05, 0.1) is 22.2 Å². The molecule has 0 saturated carbocycles. The minimum atomic E-state index is -1.23. The molecule has 84 valence electrons. The highest BCUT2D eigenvalue weighted by atomic mass is 32.2. The van der Waals surface area contributed by atoms with Crippen molar-refractivity contribution in [2.75, 3.05) is 0 Å². The largest absolute Gasteiger partial charge is 0.360 e. The van der Waals surface area contributed by atoms with E-state index in [2.05, 4.69) is 5.16 Å². The van der Waals surface area contributed by atoms with Crippen LogP contribution in [0.5, 0.6) is 0 Å². The first-order valence-corrected chi connectivity index (χ1v) is 6.03. The molecule has 3 nitrogen and oxygen atoms in total. The Morgan fingerprint density at radius 3 is 2.62 bits per heavy atom. The van der Waals surface area contributed by atoms with Crippen molar-refractivity contribution in [1.29, 1.82) is 0 Å². The SMILES string of the molecule is Cc1cc(CS(=O)c2ccc(F)cc2)on1. The summed E-state index contributed by atoms with van der Waals surface area (Å²) in [6.45, 7) is 1.80.